The smallest absolute Gasteiger partial charge is 0.316 e. The molecule has 18 heavy (non-hydrogen) atoms. The van der Waals surface area contributed by atoms with Crippen molar-refractivity contribution in [2.45, 2.75) is 18.9 Å². The molecule has 0 spiro atoms. The van der Waals surface area contributed by atoms with Crippen LogP contribution < -0.4 is 11.1 Å². The molecule has 0 unspecified atom stereocenters. The van der Waals surface area contributed by atoms with Crippen molar-refractivity contribution < 1.29 is 23.4 Å². The topological polar surface area (TPSA) is 130 Å². The maximum Gasteiger partial charge on any atom is 0.316 e. The van der Waals surface area contributed by atoms with E-state index in [1.165, 1.54) is 18.2 Å². The number of aliphatic hydroxyl groups is 2. The molecule has 1 aromatic rings. The van der Waals surface area contributed by atoms with Crippen LogP contribution in [0.25, 0.3) is 0 Å². The predicted octanol–water partition coefficient (Wildman–Crippen LogP) is 0.0291. The molecular weight excluding hydrogens is 260 g/mol. The van der Waals surface area contributed by atoms with Crippen LogP contribution in [0.3, 0.4) is 0 Å². The quantitative estimate of drug-likeness (QED) is 0.616. The zero-order valence-electron chi connectivity index (χ0n) is 8.75. The summed E-state index contributed by atoms with van der Waals surface area (Å²) in [5.41, 5.74) is 5.24. The molecule has 7 nitrogen and oxygen atoms in total. The van der Waals surface area contributed by atoms with Gasteiger partial charge in [0.1, 0.15) is 5.94 Å². The molecule has 0 saturated heterocycles. The average Bonchev–Trinajstić information content (AvgIpc) is 2.27. The van der Waals surface area contributed by atoms with Gasteiger partial charge in [-0.15, -0.1) is 0 Å². The number of carbonyl (C=O) groups is 1. The SMILES string of the molecule is C.NC(=O)Nc1cc(CO)ccc1S(=O)(=O)CO. The highest BCUT2D eigenvalue weighted by atomic mass is 32.2. The van der Waals surface area contributed by atoms with E-state index in [2.05, 4.69) is 5.32 Å². The van der Waals surface area contributed by atoms with Crippen molar-refractivity contribution in [1.29, 1.82) is 0 Å². The van der Waals surface area contributed by atoms with Crippen molar-refractivity contribution >= 4 is 21.6 Å². The Morgan fingerprint density at radius 3 is 2.39 bits per heavy atom. The second kappa shape index (κ2) is 6.34. The average molecular weight is 276 g/mol. The Hall–Kier alpha value is -1.64. The Labute approximate surface area is 105 Å². The lowest BCUT2D eigenvalue weighted by Gasteiger charge is -2.10. The first-order valence-corrected chi connectivity index (χ1v) is 6.20. The molecule has 0 heterocycles. The highest BCUT2D eigenvalue weighted by Crippen LogP contribution is 2.23. The summed E-state index contributed by atoms with van der Waals surface area (Å²) in [5, 5.41) is 19.8. The number of rotatable bonds is 4. The predicted molar refractivity (Wildman–Crippen MR) is 66.6 cm³/mol. The van der Waals surface area contributed by atoms with Gasteiger partial charge in [0.25, 0.3) is 0 Å². The molecule has 1 aromatic carbocycles. The van der Waals surface area contributed by atoms with E-state index in [-0.39, 0.29) is 24.6 Å². The summed E-state index contributed by atoms with van der Waals surface area (Å²) in [6.07, 6.45) is 0. The first-order valence-electron chi connectivity index (χ1n) is 4.54. The third-order valence-electron chi connectivity index (χ3n) is 1.99. The van der Waals surface area contributed by atoms with Crippen LogP contribution >= 0.6 is 0 Å². The third kappa shape index (κ3) is 3.69. The monoisotopic (exact) mass is 276 g/mol. The van der Waals surface area contributed by atoms with Crippen LogP contribution in [0.15, 0.2) is 23.1 Å². The van der Waals surface area contributed by atoms with Crippen LogP contribution in [0.1, 0.15) is 13.0 Å². The van der Waals surface area contributed by atoms with Gasteiger partial charge in [0, 0.05) is 0 Å². The van der Waals surface area contributed by atoms with Gasteiger partial charge < -0.3 is 21.3 Å². The summed E-state index contributed by atoms with van der Waals surface area (Å²) in [7, 11) is -3.90. The van der Waals surface area contributed by atoms with E-state index in [0.29, 0.717) is 5.56 Å². The summed E-state index contributed by atoms with van der Waals surface area (Å²) >= 11 is 0. The van der Waals surface area contributed by atoms with Gasteiger partial charge >= 0.3 is 6.03 Å². The molecule has 0 aliphatic carbocycles. The van der Waals surface area contributed by atoms with Crippen LogP contribution in [-0.4, -0.2) is 30.6 Å². The lowest BCUT2D eigenvalue weighted by atomic mass is 10.2. The van der Waals surface area contributed by atoms with Crippen LogP contribution in [0.5, 0.6) is 0 Å². The lowest BCUT2D eigenvalue weighted by molar-refractivity contribution is 0.259. The number of aliphatic hydroxyl groups excluding tert-OH is 2. The number of amides is 2. The standard InChI is InChI=1S/C9H12N2O5S.CH4/c10-9(14)11-7-3-6(4-12)1-2-8(7)17(15,16)5-13;/h1-3,12-13H,4-5H2,(H3,10,11,14);1H4. The Kier molecular flexibility index (Phi) is 5.76. The van der Waals surface area contributed by atoms with E-state index in [1.54, 1.807) is 0 Å². The number of urea groups is 1. The van der Waals surface area contributed by atoms with Crippen molar-refractivity contribution in [3.63, 3.8) is 0 Å². The maximum absolute atomic E-state index is 11.5. The summed E-state index contributed by atoms with van der Waals surface area (Å²) < 4.78 is 23.0. The van der Waals surface area contributed by atoms with E-state index in [4.69, 9.17) is 15.9 Å². The van der Waals surface area contributed by atoms with Crippen molar-refractivity contribution in [2.24, 2.45) is 5.73 Å². The van der Waals surface area contributed by atoms with Crippen LogP contribution in [0.4, 0.5) is 10.5 Å². The van der Waals surface area contributed by atoms with Gasteiger partial charge in [-0.25, -0.2) is 13.2 Å². The van der Waals surface area contributed by atoms with Crippen molar-refractivity contribution in [3.8, 4) is 0 Å². The largest absolute Gasteiger partial charge is 0.392 e. The third-order valence-corrected chi connectivity index (χ3v) is 3.36. The highest BCUT2D eigenvalue weighted by molar-refractivity contribution is 7.91. The van der Waals surface area contributed by atoms with Gasteiger partial charge in [0.2, 0.25) is 9.84 Å². The lowest BCUT2D eigenvalue weighted by Crippen LogP contribution is -2.21. The summed E-state index contributed by atoms with van der Waals surface area (Å²) in [6.45, 7) is -0.313. The summed E-state index contributed by atoms with van der Waals surface area (Å²) in [6, 6.07) is 2.89. The molecule has 102 valence electrons. The second-order valence-corrected chi connectivity index (χ2v) is 5.15. The van der Waals surface area contributed by atoms with Crippen LogP contribution in [-0.2, 0) is 16.4 Å². The van der Waals surface area contributed by atoms with Gasteiger partial charge in [-0.05, 0) is 17.7 Å². The van der Waals surface area contributed by atoms with Crippen molar-refractivity contribution in [3.05, 3.63) is 23.8 Å². The molecule has 0 bridgehead atoms. The number of primary amides is 1. The molecule has 2 amide bonds. The van der Waals surface area contributed by atoms with E-state index in [9.17, 15) is 13.2 Å². The Morgan fingerprint density at radius 1 is 1.33 bits per heavy atom. The highest BCUT2D eigenvalue weighted by Gasteiger charge is 2.18. The van der Waals surface area contributed by atoms with Crippen LogP contribution in [0, 0.1) is 0 Å². The van der Waals surface area contributed by atoms with Crippen molar-refractivity contribution in [2.75, 3.05) is 11.3 Å². The maximum atomic E-state index is 11.5. The zero-order valence-corrected chi connectivity index (χ0v) is 9.57. The molecule has 8 heteroatoms. The van der Waals surface area contributed by atoms with E-state index < -0.39 is 21.8 Å². The number of carbonyl (C=O) groups excluding carboxylic acids is 1. The Bertz CT molecular complexity index is 527. The van der Waals surface area contributed by atoms with Gasteiger partial charge in [0.05, 0.1) is 17.2 Å². The number of sulfone groups is 1. The fourth-order valence-corrected chi connectivity index (χ4v) is 2.11. The number of nitrogens with two attached hydrogens (primary N) is 1. The number of nitrogens with one attached hydrogen (secondary N) is 1. The zero-order chi connectivity index (χ0) is 13.1. The summed E-state index contributed by atoms with van der Waals surface area (Å²) in [4.78, 5) is 10.5. The van der Waals surface area contributed by atoms with E-state index >= 15 is 0 Å². The number of benzene rings is 1. The molecule has 0 saturated carbocycles. The molecule has 0 atom stereocenters. The van der Waals surface area contributed by atoms with Gasteiger partial charge in [0.15, 0.2) is 0 Å². The molecule has 0 fully saturated rings. The van der Waals surface area contributed by atoms with Gasteiger partial charge in [-0.1, -0.05) is 13.5 Å². The fraction of sp³-hybridized carbons (Fsp3) is 0.300. The van der Waals surface area contributed by atoms with E-state index in [0.717, 1.165) is 0 Å². The van der Waals surface area contributed by atoms with Gasteiger partial charge in [-0.3, -0.25) is 0 Å². The first-order chi connectivity index (χ1) is 7.90. The number of hydrogen-bond donors (Lipinski definition) is 4. The summed E-state index contributed by atoms with van der Waals surface area (Å²) in [5.74, 6) is -1.08. The molecule has 0 aliphatic rings. The Morgan fingerprint density at radius 2 is 1.94 bits per heavy atom. The number of anilines is 1. The molecule has 1 rings (SSSR count). The minimum atomic E-state index is -3.90. The Balaban J connectivity index is 0.00000289. The van der Waals surface area contributed by atoms with Crippen molar-refractivity contribution in [1.82, 2.24) is 0 Å². The van der Waals surface area contributed by atoms with Crippen LogP contribution in [0.2, 0.25) is 0 Å². The molecule has 0 radical (unpaired) electrons. The van der Waals surface area contributed by atoms with E-state index in [1.807, 2.05) is 0 Å². The minimum Gasteiger partial charge on any atom is -0.392 e. The van der Waals surface area contributed by atoms with Gasteiger partial charge in [-0.2, -0.15) is 0 Å². The second-order valence-electron chi connectivity index (χ2n) is 3.22. The molecule has 0 aliphatic heterocycles. The fourth-order valence-electron chi connectivity index (χ4n) is 1.25. The first kappa shape index (κ1) is 16.4. The normalized spacial score (nSPS) is 10.6. The molecular formula is C10H16N2O5S. The molecule has 5 N–H and O–H groups in total. The minimum absolute atomic E-state index is 0. The number of hydrogen-bond acceptors (Lipinski definition) is 5. The molecule has 0 aromatic heterocycles.